The molecule has 0 aliphatic heterocycles. The average molecular weight is 236 g/mol. The fourth-order valence-electron chi connectivity index (χ4n) is 0.612. The molecule has 70 valence electrons. The van der Waals surface area contributed by atoms with Gasteiger partial charge in [0.25, 0.3) is 0 Å². The lowest BCUT2D eigenvalue weighted by atomic mass is 10.1. The van der Waals surface area contributed by atoms with Gasteiger partial charge in [-0.05, 0) is 5.92 Å². The molecule has 0 N–H and O–H groups in total. The van der Waals surface area contributed by atoms with Gasteiger partial charge < -0.3 is 0 Å². The molecule has 0 heterocycles. The summed E-state index contributed by atoms with van der Waals surface area (Å²) in [6, 6.07) is 0. The molecule has 11 heavy (non-hydrogen) atoms. The number of hydrogen-bond acceptors (Lipinski definition) is 0. The van der Waals surface area contributed by atoms with Gasteiger partial charge in [0, 0.05) is 0 Å². The van der Waals surface area contributed by atoms with Crippen molar-refractivity contribution in [3.05, 3.63) is 0 Å². The van der Waals surface area contributed by atoms with Crippen molar-refractivity contribution in [2.45, 2.75) is 40.0 Å². The highest BCUT2D eigenvalue weighted by Crippen LogP contribution is 2.04. The molecule has 0 aromatic heterocycles. The Bertz CT molecular complexity index is 64.0. The molecular formula is C7H17Cl3Si. The molecule has 0 radical (unpaired) electrons. The van der Waals surface area contributed by atoms with Crippen molar-refractivity contribution < 1.29 is 0 Å². The van der Waals surface area contributed by atoms with E-state index < -0.39 is 6.73 Å². The standard InChI is InChI=1S/C7H16.Cl3HSi/c1-4-5-6-7(2)3;1-4(2)3/h7H,4-6H2,1-3H3;4H. The van der Waals surface area contributed by atoms with Gasteiger partial charge in [0.05, 0.1) is 0 Å². The molecular weight excluding hydrogens is 219 g/mol. The van der Waals surface area contributed by atoms with Crippen LogP contribution in [0.25, 0.3) is 0 Å². The summed E-state index contributed by atoms with van der Waals surface area (Å²) in [6.45, 7) is 5.06. The summed E-state index contributed by atoms with van der Waals surface area (Å²) < 4.78 is 0. The molecule has 0 aromatic carbocycles. The molecule has 0 aromatic rings. The lowest BCUT2D eigenvalue weighted by Gasteiger charge is -1.98. The number of halogens is 3. The van der Waals surface area contributed by atoms with Crippen LogP contribution in [0.3, 0.4) is 0 Å². The topological polar surface area (TPSA) is 0 Å². The van der Waals surface area contributed by atoms with E-state index in [2.05, 4.69) is 20.8 Å². The van der Waals surface area contributed by atoms with E-state index >= 15 is 0 Å². The molecule has 0 atom stereocenters. The Morgan fingerprint density at radius 1 is 1.18 bits per heavy atom. The van der Waals surface area contributed by atoms with Crippen LogP contribution in [-0.4, -0.2) is 6.73 Å². The summed E-state index contributed by atoms with van der Waals surface area (Å²) in [5, 5.41) is 0. The zero-order valence-corrected chi connectivity index (χ0v) is 10.8. The Balaban J connectivity index is 0. The van der Waals surface area contributed by atoms with E-state index in [1.54, 1.807) is 0 Å². The van der Waals surface area contributed by atoms with Gasteiger partial charge in [-0.15, -0.1) is 33.2 Å². The Hall–Kier alpha value is 1.09. The van der Waals surface area contributed by atoms with Gasteiger partial charge >= 0.3 is 6.73 Å². The molecule has 0 amide bonds. The van der Waals surface area contributed by atoms with E-state index in [-0.39, 0.29) is 0 Å². The Labute approximate surface area is 85.9 Å². The second kappa shape index (κ2) is 11.1. The third kappa shape index (κ3) is 35.4. The van der Waals surface area contributed by atoms with Crippen LogP contribution in [0.1, 0.15) is 40.0 Å². The van der Waals surface area contributed by atoms with Crippen molar-refractivity contribution in [1.29, 1.82) is 0 Å². The fraction of sp³-hybridized carbons (Fsp3) is 1.00. The van der Waals surface area contributed by atoms with Crippen LogP contribution in [0.15, 0.2) is 0 Å². The summed E-state index contributed by atoms with van der Waals surface area (Å²) in [5.74, 6) is 0.903. The van der Waals surface area contributed by atoms with Gasteiger partial charge in [0.2, 0.25) is 0 Å². The van der Waals surface area contributed by atoms with Gasteiger partial charge in [0.15, 0.2) is 0 Å². The third-order valence-corrected chi connectivity index (χ3v) is 1.14. The largest absolute Gasteiger partial charge is 0.326 e. The highest BCUT2D eigenvalue weighted by molar-refractivity contribution is 7.54. The Morgan fingerprint density at radius 2 is 1.55 bits per heavy atom. The lowest BCUT2D eigenvalue weighted by molar-refractivity contribution is 0.550. The monoisotopic (exact) mass is 234 g/mol. The molecule has 0 spiro atoms. The van der Waals surface area contributed by atoms with E-state index in [1.165, 1.54) is 19.3 Å². The van der Waals surface area contributed by atoms with Gasteiger partial charge in [-0.1, -0.05) is 40.0 Å². The van der Waals surface area contributed by atoms with Gasteiger partial charge in [-0.2, -0.15) is 0 Å². The minimum absolute atomic E-state index is 0.903. The second-order valence-corrected chi connectivity index (χ2v) is 9.22. The molecule has 0 saturated heterocycles. The van der Waals surface area contributed by atoms with Crippen LogP contribution in [-0.2, 0) is 0 Å². The molecule has 4 heteroatoms. The maximum atomic E-state index is 4.94. The zero-order valence-electron chi connectivity index (χ0n) is 7.41. The molecule has 0 rings (SSSR count). The third-order valence-electron chi connectivity index (χ3n) is 1.14. The second-order valence-electron chi connectivity index (χ2n) is 2.78. The lowest BCUT2D eigenvalue weighted by Crippen LogP contribution is -1.83. The van der Waals surface area contributed by atoms with Crippen molar-refractivity contribution >= 4 is 40.0 Å². The normalized spacial score (nSPS) is 9.82. The van der Waals surface area contributed by atoms with Crippen molar-refractivity contribution in [1.82, 2.24) is 0 Å². The van der Waals surface area contributed by atoms with E-state index in [9.17, 15) is 0 Å². The van der Waals surface area contributed by atoms with E-state index in [4.69, 9.17) is 33.2 Å². The van der Waals surface area contributed by atoms with Crippen LogP contribution in [0, 0.1) is 5.92 Å². The highest BCUT2D eigenvalue weighted by Gasteiger charge is 1.88. The van der Waals surface area contributed by atoms with Crippen LogP contribution in [0.4, 0.5) is 0 Å². The molecule has 0 unspecified atom stereocenters. The molecule has 0 aliphatic carbocycles. The van der Waals surface area contributed by atoms with Gasteiger partial charge in [-0.25, -0.2) is 0 Å². The van der Waals surface area contributed by atoms with Crippen LogP contribution < -0.4 is 0 Å². The Kier molecular flexibility index (Phi) is 14.7. The van der Waals surface area contributed by atoms with Gasteiger partial charge in [-0.3, -0.25) is 0 Å². The van der Waals surface area contributed by atoms with E-state index in [1.807, 2.05) is 0 Å². The Morgan fingerprint density at radius 3 is 1.64 bits per heavy atom. The number of unbranched alkanes of at least 4 members (excludes halogenated alkanes) is 1. The van der Waals surface area contributed by atoms with Crippen molar-refractivity contribution in [2.75, 3.05) is 0 Å². The van der Waals surface area contributed by atoms with E-state index in [0.29, 0.717) is 0 Å². The number of rotatable bonds is 3. The summed E-state index contributed by atoms with van der Waals surface area (Å²) in [5.41, 5.74) is 0. The van der Waals surface area contributed by atoms with Crippen LogP contribution >= 0.6 is 33.2 Å². The SMILES string of the molecule is CCCCC(C)C.Cl[SiH](Cl)Cl. The van der Waals surface area contributed by atoms with Crippen molar-refractivity contribution in [3.63, 3.8) is 0 Å². The molecule has 0 aliphatic rings. The quantitative estimate of drug-likeness (QED) is 0.507. The van der Waals surface area contributed by atoms with Crippen molar-refractivity contribution in [2.24, 2.45) is 5.92 Å². The first kappa shape index (κ1) is 14.6. The predicted octanol–water partition coefficient (Wildman–Crippen LogP) is 4.25. The molecule has 0 nitrogen and oxygen atoms in total. The fourth-order valence-corrected chi connectivity index (χ4v) is 0.612. The van der Waals surface area contributed by atoms with Crippen LogP contribution in [0.5, 0.6) is 0 Å². The summed E-state index contributed by atoms with van der Waals surface area (Å²) >= 11 is 14.8. The molecule has 0 saturated carbocycles. The summed E-state index contributed by atoms with van der Waals surface area (Å²) in [6.07, 6.45) is 4.15. The van der Waals surface area contributed by atoms with Gasteiger partial charge in [0.1, 0.15) is 0 Å². The minimum atomic E-state index is -1.72. The maximum absolute atomic E-state index is 4.94. The smallest absolute Gasteiger partial charge is 0.130 e. The van der Waals surface area contributed by atoms with Crippen LogP contribution in [0.2, 0.25) is 0 Å². The summed E-state index contributed by atoms with van der Waals surface area (Å²) in [4.78, 5) is 0. The first-order valence-electron chi connectivity index (χ1n) is 3.92. The van der Waals surface area contributed by atoms with Crippen molar-refractivity contribution in [3.8, 4) is 0 Å². The number of hydrogen-bond donors (Lipinski definition) is 0. The maximum Gasteiger partial charge on any atom is 0.326 e. The predicted molar refractivity (Wildman–Crippen MR) is 59.1 cm³/mol. The molecule has 0 bridgehead atoms. The molecule has 0 fully saturated rings. The minimum Gasteiger partial charge on any atom is -0.130 e. The van der Waals surface area contributed by atoms with E-state index in [0.717, 1.165) is 5.92 Å². The first-order valence-corrected chi connectivity index (χ1v) is 9.16. The first-order chi connectivity index (χ1) is 5.00. The zero-order chi connectivity index (χ0) is 9.28. The average Bonchev–Trinajstić information content (AvgIpc) is 1.82. The summed E-state index contributed by atoms with van der Waals surface area (Å²) in [7, 11) is 0. The highest BCUT2D eigenvalue weighted by atomic mass is 35.8.